The molecule has 0 saturated carbocycles. The molecule has 2 rings (SSSR count). The van der Waals surface area contributed by atoms with E-state index in [1.165, 1.54) is 0 Å². The number of benzene rings is 1. The van der Waals surface area contributed by atoms with Crippen molar-refractivity contribution in [2.24, 2.45) is 0 Å². The highest BCUT2D eigenvalue weighted by Gasteiger charge is 2.15. The highest BCUT2D eigenvalue weighted by Crippen LogP contribution is 2.40. The first-order chi connectivity index (χ1) is 8.17. The Balaban J connectivity index is 2.56. The predicted octanol–water partition coefficient (Wildman–Crippen LogP) is 3.16. The SMILES string of the molecule is COc1ccc(-c2ncc(C)[nH]2)c(Br)c1OC. The maximum absolute atomic E-state index is 5.32. The zero-order valence-corrected chi connectivity index (χ0v) is 11.5. The van der Waals surface area contributed by atoms with Crippen LogP contribution in [-0.4, -0.2) is 24.2 Å². The Kier molecular flexibility index (Phi) is 3.38. The highest BCUT2D eigenvalue weighted by molar-refractivity contribution is 9.10. The minimum absolute atomic E-state index is 0.666. The molecule has 0 aliphatic heterocycles. The van der Waals surface area contributed by atoms with Gasteiger partial charge in [0.15, 0.2) is 11.5 Å². The van der Waals surface area contributed by atoms with Crippen LogP contribution in [-0.2, 0) is 0 Å². The summed E-state index contributed by atoms with van der Waals surface area (Å²) in [6.45, 7) is 1.96. The van der Waals surface area contributed by atoms with Crippen LogP contribution in [0.3, 0.4) is 0 Å². The number of hydrogen-bond acceptors (Lipinski definition) is 3. The van der Waals surface area contributed by atoms with Gasteiger partial charge >= 0.3 is 0 Å². The van der Waals surface area contributed by atoms with Crippen molar-refractivity contribution in [2.45, 2.75) is 6.92 Å². The van der Waals surface area contributed by atoms with Crippen LogP contribution in [0.25, 0.3) is 11.4 Å². The Morgan fingerprint density at radius 1 is 1.24 bits per heavy atom. The molecule has 1 heterocycles. The molecule has 0 unspecified atom stereocenters. The average molecular weight is 297 g/mol. The summed E-state index contributed by atoms with van der Waals surface area (Å²) in [4.78, 5) is 7.48. The standard InChI is InChI=1S/C12H13BrN2O2/c1-7-6-14-12(15-7)8-4-5-9(16-2)11(17-3)10(8)13/h4-6H,1-3H3,(H,14,15). The van der Waals surface area contributed by atoms with Gasteiger partial charge in [0.05, 0.1) is 18.7 Å². The molecular formula is C12H13BrN2O2. The number of H-pyrrole nitrogens is 1. The summed E-state index contributed by atoms with van der Waals surface area (Å²) < 4.78 is 11.4. The van der Waals surface area contributed by atoms with E-state index >= 15 is 0 Å². The molecule has 1 aromatic carbocycles. The van der Waals surface area contributed by atoms with Crippen molar-refractivity contribution in [2.75, 3.05) is 14.2 Å². The van der Waals surface area contributed by atoms with Gasteiger partial charge in [0.25, 0.3) is 0 Å². The monoisotopic (exact) mass is 296 g/mol. The number of methoxy groups -OCH3 is 2. The Hall–Kier alpha value is -1.49. The summed E-state index contributed by atoms with van der Waals surface area (Å²) in [5.74, 6) is 2.15. The molecule has 1 aromatic heterocycles. The van der Waals surface area contributed by atoms with Crippen LogP contribution in [0.4, 0.5) is 0 Å². The molecule has 0 spiro atoms. The lowest BCUT2D eigenvalue weighted by Gasteiger charge is -2.11. The normalized spacial score (nSPS) is 10.4. The predicted molar refractivity (Wildman–Crippen MR) is 69.6 cm³/mol. The molecule has 0 aliphatic carbocycles. The van der Waals surface area contributed by atoms with Gasteiger partial charge in [-0.15, -0.1) is 0 Å². The minimum atomic E-state index is 0.666. The van der Waals surface area contributed by atoms with Gasteiger partial charge in [0.2, 0.25) is 0 Å². The van der Waals surface area contributed by atoms with E-state index in [0.717, 1.165) is 21.6 Å². The largest absolute Gasteiger partial charge is 0.493 e. The molecule has 1 N–H and O–H groups in total. The number of aromatic amines is 1. The van der Waals surface area contributed by atoms with Gasteiger partial charge in [-0.2, -0.15) is 0 Å². The fourth-order valence-corrected chi connectivity index (χ4v) is 2.30. The average Bonchev–Trinajstić information content (AvgIpc) is 2.75. The van der Waals surface area contributed by atoms with E-state index in [4.69, 9.17) is 9.47 Å². The zero-order valence-electron chi connectivity index (χ0n) is 9.87. The molecule has 17 heavy (non-hydrogen) atoms. The van der Waals surface area contributed by atoms with E-state index < -0.39 is 0 Å². The third-order valence-corrected chi connectivity index (χ3v) is 3.23. The van der Waals surface area contributed by atoms with Crippen molar-refractivity contribution in [3.05, 3.63) is 28.5 Å². The summed E-state index contributed by atoms with van der Waals surface area (Å²) in [6.07, 6.45) is 1.79. The number of aryl methyl sites for hydroxylation is 1. The summed E-state index contributed by atoms with van der Waals surface area (Å²) >= 11 is 3.51. The molecule has 0 amide bonds. The van der Waals surface area contributed by atoms with Crippen molar-refractivity contribution in [1.82, 2.24) is 9.97 Å². The molecule has 0 aliphatic rings. The number of halogens is 1. The molecule has 0 bridgehead atoms. The molecule has 0 radical (unpaired) electrons. The Bertz CT molecular complexity index is 537. The van der Waals surface area contributed by atoms with Crippen LogP contribution in [0.15, 0.2) is 22.8 Å². The zero-order chi connectivity index (χ0) is 12.4. The van der Waals surface area contributed by atoms with Gasteiger partial charge in [-0.1, -0.05) is 0 Å². The number of hydrogen-bond donors (Lipinski definition) is 1. The van der Waals surface area contributed by atoms with Crippen LogP contribution < -0.4 is 9.47 Å². The number of ether oxygens (including phenoxy) is 2. The first kappa shape index (κ1) is 12.0. The minimum Gasteiger partial charge on any atom is -0.493 e. The van der Waals surface area contributed by atoms with E-state index in [-0.39, 0.29) is 0 Å². The summed E-state index contributed by atoms with van der Waals surface area (Å²) in [7, 11) is 3.22. The third kappa shape index (κ3) is 2.15. The van der Waals surface area contributed by atoms with E-state index in [0.29, 0.717) is 11.5 Å². The summed E-state index contributed by atoms with van der Waals surface area (Å²) in [5, 5.41) is 0. The molecule has 2 aromatic rings. The first-order valence-corrected chi connectivity index (χ1v) is 5.89. The number of rotatable bonds is 3. The third-order valence-electron chi connectivity index (χ3n) is 2.44. The van der Waals surface area contributed by atoms with Crippen LogP contribution in [0.1, 0.15) is 5.69 Å². The van der Waals surface area contributed by atoms with E-state index in [1.54, 1.807) is 20.4 Å². The van der Waals surface area contributed by atoms with Crippen LogP contribution in [0.5, 0.6) is 11.5 Å². The van der Waals surface area contributed by atoms with Crippen LogP contribution in [0.2, 0.25) is 0 Å². The van der Waals surface area contributed by atoms with Crippen molar-refractivity contribution in [3.8, 4) is 22.9 Å². The van der Waals surface area contributed by atoms with Crippen molar-refractivity contribution < 1.29 is 9.47 Å². The molecule has 0 atom stereocenters. The first-order valence-electron chi connectivity index (χ1n) is 5.09. The number of nitrogens with zero attached hydrogens (tertiary/aromatic N) is 1. The van der Waals surface area contributed by atoms with Gasteiger partial charge in [-0.3, -0.25) is 0 Å². The van der Waals surface area contributed by atoms with E-state index in [2.05, 4.69) is 25.9 Å². The molecule has 4 nitrogen and oxygen atoms in total. The smallest absolute Gasteiger partial charge is 0.175 e. The fourth-order valence-electron chi connectivity index (χ4n) is 1.62. The molecular weight excluding hydrogens is 284 g/mol. The van der Waals surface area contributed by atoms with Crippen LogP contribution >= 0.6 is 15.9 Å². The molecule has 5 heteroatoms. The van der Waals surface area contributed by atoms with Crippen molar-refractivity contribution >= 4 is 15.9 Å². The maximum Gasteiger partial charge on any atom is 0.175 e. The van der Waals surface area contributed by atoms with E-state index in [1.807, 2.05) is 19.1 Å². The lowest BCUT2D eigenvalue weighted by Crippen LogP contribution is -1.93. The van der Waals surface area contributed by atoms with E-state index in [9.17, 15) is 0 Å². The lowest BCUT2D eigenvalue weighted by molar-refractivity contribution is 0.353. The Morgan fingerprint density at radius 2 is 2.00 bits per heavy atom. The second-order valence-electron chi connectivity index (χ2n) is 3.58. The summed E-state index contributed by atoms with van der Waals surface area (Å²) in [5.41, 5.74) is 1.96. The van der Waals surface area contributed by atoms with Gasteiger partial charge in [-0.05, 0) is 35.0 Å². The van der Waals surface area contributed by atoms with Gasteiger partial charge in [-0.25, -0.2) is 4.98 Å². The summed E-state index contributed by atoms with van der Waals surface area (Å²) in [6, 6.07) is 3.79. The lowest BCUT2D eigenvalue weighted by atomic mass is 10.2. The second kappa shape index (κ2) is 4.79. The van der Waals surface area contributed by atoms with Crippen LogP contribution in [0, 0.1) is 6.92 Å². The maximum atomic E-state index is 5.32. The van der Waals surface area contributed by atoms with Crippen molar-refractivity contribution in [1.29, 1.82) is 0 Å². The molecule has 90 valence electrons. The Morgan fingerprint density at radius 3 is 2.53 bits per heavy atom. The quantitative estimate of drug-likeness (QED) is 0.946. The second-order valence-corrected chi connectivity index (χ2v) is 4.37. The van der Waals surface area contributed by atoms with Crippen molar-refractivity contribution in [3.63, 3.8) is 0 Å². The van der Waals surface area contributed by atoms with Gasteiger partial charge in [0.1, 0.15) is 5.82 Å². The number of imidazole rings is 1. The van der Waals surface area contributed by atoms with Gasteiger partial charge in [0, 0.05) is 17.5 Å². The van der Waals surface area contributed by atoms with Gasteiger partial charge < -0.3 is 14.5 Å². The topological polar surface area (TPSA) is 47.1 Å². The number of aromatic nitrogens is 2. The Labute approximate surface area is 108 Å². The molecule has 0 saturated heterocycles. The highest BCUT2D eigenvalue weighted by atomic mass is 79.9. The molecule has 0 fully saturated rings. The fraction of sp³-hybridized carbons (Fsp3) is 0.250. The number of nitrogens with one attached hydrogen (secondary N) is 1.